The van der Waals surface area contributed by atoms with Crippen LogP contribution in [0.3, 0.4) is 0 Å². The normalized spacial score (nSPS) is 23.5. The van der Waals surface area contributed by atoms with Gasteiger partial charge < -0.3 is 10.4 Å². The molecule has 0 radical (unpaired) electrons. The van der Waals surface area contributed by atoms with Crippen molar-refractivity contribution >= 4 is 29.2 Å². The largest absolute Gasteiger partial charge is 0.481 e. The number of fused-ring (bicyclic) bond motifs is 1. The fraction of sp³-hybridized carbons (Fsp3) is 0.438. The molecule has 26 heavy (non-hydrogen) atoms. The van der Waals surface area contributed by atoms with E-state index in [4.69, 9.17) is 5.11 Å². The lowest BCUT2D eigenvalue weighted by molar-refractivity contribution is -0.188. The minimum absolute atomic E-state index is 0.241. The Hall–Kier alpha value is -2.62. The number of hydrogen-bond acceptors (Lipinski definition) is 4. The molecule has 10 heteroatoms. The first-order valence-electron chi connectivity index (χ1n) is 7.88. The van der Waals surface area contributed by atoms with Crippen molar-refractivity contribution in [2.24, 2.45) is 11.8 Å². The van der Waals surface area contributed by atoms with Gasteiger partial charge in [-0.1, -0.05) is 12.1 Å². The lowest BCUT2D eigenvalue weighted by atomic mass is 9.96. The highest BCUT2D eigenvalue weighted by molar-refractivity contribution is 6.10. The van der Waals surface area contributed by atoms with Crippen LogP contribution in [0.4, 0.5) is 24.5 Å². The molecule has 1 fully saturated rings. The zero-order valence-electron chi connectivity index (χ0n) is 13.5. The quantitative estimate of drug-likeness (QED) is 0.833. The number of rotatable bonds is 3. The average Bonchev–Trinajstić information content (AvgIpc) is 2.98. The van der Waals surface area contributed by atoms with Crippen LogP contribution in [0.2, 0.25) is 0 Å². The predicted molar refractivity (Wildman–Crippen MR) is 84.5 cm³/mol. The third-order valence-electron chi connectivity index (χ3n) is 4.56. The zero-order valence-corrected chi connectivity index (χ0v) is 13.5. The molecule has 2 atom stereocenters. The number of halogens is 3. The second kappa shape index (κ2) is 6.60. The fourth-order valence-corrected chi connectivity index (χ4v) is 3.33. The first-order chi connectivity index (χ1) is 12.2. The zero-order chi connectivity index (χ0) is 19.1. The summed E-state index contributed by atoms with van der Waals surface area (Å²) in [5.74, 6) is -6.14. The number of benzene rings is 1. The first-order valence-corrected chi connectivity index (χ1v) is 7.88. The van der Waals surface area contributed by atoms with Gasteiger partial charge in [-0.05, 0) is 12.1 Å². The molecule has 3 rings (SSSR count). The van der Waals surface area contributed by atoms with Crippen molar-refractivity contribution in [3.05, 3.63) is 24.3 Å². The molecule has 2 amide bonds. The van der Waals surface area contributed by atoms with Crippen LogP contribution < -0.4 is 10.2 Å². The van der Waals surface area contributed by atoms with Gasteiger partial charge in [-0.3, -0.25) is 24.2 Å². The molecule has 0 unspecified atom stereocenters. The van der Waals surface area contributed by atoms with E-state index in [9.17, 15) is 27.6 Å². The van der Waals surface area contributed by atoms with Crippen molar-refractivity contribution < 1.29 is 32.7 Å². The highest BCUT2D eigenvalue weighted by Gasteiger charge is 2.52. The number of likely N-dealkylation sites (tertiary alicyclic amines) is 1. The Morgan fingerprint density at radius 3 is 2.54 bits per heavy atom. The van der Waals surface area contributed by atoms with E-state index in [1.807, 2.05) is 0 Å². The second-order valence-electron chi connectivity index (χ2n) is 6.33. The van der Waals surface area contributed by atoms with Crippen molar-refractivity contribution in [1.29, 1.82) is 0 Å². The molecule has 1 aromatic rings. The number of aliphatic carboxylic acids is 1. The summed E-state index contributed by atoms with van der Waals surface area (Å²) in [7, 11) is 0. The van der Waals surface area contributed by atoms with Gasteiger partial charge in [-0.15, -0.1) is 0 Å². The number of carboxylic acid groups (broad SMARTS) is 1. The molecule has 2 aliphatic rings. The number of carbonyl (C=O) groups excluding carboxylic acids is 2. The summed E-state index contributed by atoms with van der Waals surface area (Å²) in [6.07, 6.45) is -4.65. The smallest absolute Gasteiger partial charge is 0.393 e. The van der Waals surface area contributed by atoms with Gasteiger partial charge in [0.15, 0.2) is 0 Å². The van der Waals surface area contributed by atoms with Crippen LogP contribution in [0.1, 0.15) is 0 Å². The lowest BCUT2D eigenvalue weighted by Gasteiger charge is -2.30. The van der Waals surface area contributed by atoms with E-state index in [2.05, 4.69) is 5.32 Å². The first kappa shape index (κ1) is 18.2. The highest BCUT2D eigenvalue weighted by atomic mass is 19.4. The Morgan fingerprint density at radius 2 is 1.92 bits per heavy atom. The van der Waals surface area contributed by atoms with Gasteiger partial charge in [-0.2, -0.15) is 13.2 Å². The monoisotopic (exact) mass is 371 g/mol. The molecule has 2 N–H and O–H groups in total. The number of nitrogens with one attached hydrogen (secondary N) is 1. The number of alkyl halides is 3. The standard InChI is InChI=1S/C16H16F3N3O4/c17-16(18,19)10-6-21(5-9(10)15(25)26)8-14(24)22-7-13(23)20-11-3-1-2-4-12(11)22/h1-4,9-10H,5-8H2,(H,20,23)(H,25,26)/t9-,10-/m1/s1. The molecule has 7 nitrogen and oxygen atoms in total. The van der Waals surface area contributed by atoms with E-state index in [1.54, 1.807) is 24.3 Å². The van der Waals surface area contributed by atoms with Crippen LogP contribution >= 0.6 is 0 Å². The van der Waals surface area contributed by atoms with Gasteiger partial charge >= 0.3 is 12.1 Å². The van der Waals surface area contributed by atoms with Crippen molar-refractivity contribution in [3.63, 3.8) is 0 Å². The number of amides is 2. The molecule has 1 saturated heterocycles. The highest BCUT2D eigenvalue weighted by Crippen LogP contribution is 2.38. The van der Waals surface area contributed by atoms with Gasteiger partial charge in [0.25, 0.3) is 0 Å². The fourth-order valence-electron chi connectivity index (χ4n) is 3.33. The van der Waals surface area contributed by atoms with Crippen LogP contribution in [0.15, 0.2) is 24.3 Å². The van der Waals surface area contributed by atoms with E-state index >= 15 is 0 Å². The second-order valence-corrected chi connectivity index (χ2v) is 6.33. The Bertz CT molecular complexity index is 753. The maximum atomic E-state index is 13.0. The van der Waals surface area contributed by atoms with Gasteiger partial charge in [0, 0.05) is 13.1 Å². The van der Waals surface area contributed by atoms with Crippen LogP contribution in [-0.4, -0.2) is 60.1 Å². The molecule has 0 aliphatic carbocycles. The Balaban J connectivity index is 1.75. The van der Waals surface area contributed by atoms with Crippen LogP contribution in [0, 0.1) is 11.8 Å². The summed E-state index contributed by atoms with van der Waals surface area (Å²) in [4.78, 5) is 37.8. The number of carbonyl (C=O) groups is 3. The third-order valence-corrected chi connectivity index (χ3v) is 4.56. The Kier molecular flexibility index (Phi) is 4.61. The van der Waals surface area contributed by atoms with E-state index < -0.39 is 48.9 Å². The molecule has 2 heterocycles. The van der Waals surface area contributed by atoms with Crippen LogP contribution in [0.25, 0.3) is 0 Å². The van der Waals surface area contributed by atoms with Gasteiger partial charge in [-0.25, -0.2) is 0 Å². The predicted octanol–water partition coefficient (Wildman–Crippen LogP) is 1.17. The number of nitrogens with zero attached hydrogens (tertiary/aromatic N) is 2. The molecular formula is C16H16F3N3O4. The minimum Gasteiger partial charge on any atom is -0.481 e. The third kappa shape index (κ3) is 3.50. The summed E-state index contributed by atoms with van der Waals surface area (Å²) in [6.45, 7) is -1.56. The van der Waals surface area contributed by atoms with E-state index in [1.165, 1.54) is 9.80 Å². The summed E-state index contributed by atoms with van der Waals surface area (Å²) in [5, 5.41) is 11.7. The summed E-state index contributed by atoms with van der Waals surface area (Å²) in [5.41, 5.74) is 0.897. The number of anilines is 2. The molecule has 2 aliphatic heterocycles. The SMILES string of the molecule is O=C1CN(C(=O)CN2C[C@@H](C(F)(F)F)[C@H](C(=O)O)C2)c2ccccc2N1. The van der Waals surface area contributed by atoms with Crippen molar-refractivity contribution in [2.45, 2.75) is 6.18 Å². The van der Waals surface area contributed by atoms with Crippen molar-refractivity contribution in [1.82, 2.24) is 4.90 Å². The molecule has 0 aromatic heterocycles. The molecular weight excluding hydrogens is 355 g/mol. The van der Waals surface area contributed by atoms with Gasteiger partial charge in [0.1, 0.15) is 6.54 Å². The number of para-hydroxylation sites is 2. The maximum Gasteiger partial charge on any atom is 0.393 e. The average molecular weight is 371 g/mol. The lowest BCUT2D eigenvalue weighted by Crippen LogP contribution is -2.46. The van der Waals surface area contributed by atoms with Crippen molar-refractivity contribution in [2.75, 3.05) is 36.4 Å². The minimum atomic E-state index is -4.65. The maximum absolute atomic E-state index is 13.0. The molecule has 0 saturated carbocycles. The van der Waals surface area contributed by atoms with E-state index in [0.29, 0.717) is 11.4 Å². The Morgan fingerprint density at radius 1 is 1.23 bits per heavy atom. The van der Waals surface area contributed by atoms with Crippen molar-refractivity contribution in [3.8, 4) is 0 Å². The molecule has 0 bridgehead atoms. The Labute approximate surface area is 146 Å². The number of carboxylic acids is 1. The van der Waals surface area contributed by atoms with E-state index in [0.717, 1.165) is 0 Å². The molecule has 1 aromatic carbocycles. The van der Waals surface area contributed by atoms with Crippen LogP contribution in [0.5, 0.6) is 0 Å². The van der Waals surface area contributed by atoms with Gasteiger partial charge in [0.2, 0.25) is 11.8 Å². The number of hydrogen-bond donors (Lipinski definition) is 2. The summed E-state index contributed by atoms with van der Waals surface area (Å²) in [6, 6.07) is 6.59. The van der Waals surface area contributed by atoms with E-state index in [-0.39, 0.29) is 13.1 Å². The summed E-state index contributed by atoms with van der Waals surface area (Å²) >= 11 is 0. The molecule has 140 valence electrons. The van der Waals surface area contributed by atoms with Gasteiger partial charge in [0.05, 0.1) is 29.8 Å². The topological polar surface area (TPSA) is 90.0 Å². The van der Waals surface area contributed by atoms with Crippen LogP contribution in [-0.2, 0) is 14.4 Å². The molecule has 0 spiro atoms. The summed E-state index contributed by atoms with van der Waals surface area (Å²) < 4.78 is 39.1.